The molecule has 4 rings (SSSR count). The van der Waals surface area contributed by atoms with Gasteiger partial charge in [-0.25, -0.2) is 0 Å². The lowest BCUT2D eigenvalue weighted by Crippen LogP contribution is -2.58. The van der Waals surface area contributed by atoms with Gasteiger partial charge in [0.15, 0.2) is 11.6 Å². The summed E-state index contributed by atoms with van der Waals surface area (Å²) in [5.41, 5.74) is 0.562. The van der Waals surface area contributed by atoms with E-state index < -0.39 is 27.4 Å². The van der Waals surface area contributed by atoms with Crippen LogP contribution in [0.2, 0.25) is 0 Å². The van der Waals surface area contributed by atoms with Crippen molar-refractivity contribution in [2.24, 2.45) is 11.8 Å². The van der Waals surface area contributed by atoms with Gasteiger partial charge in [0.05, 0.1) is 21.9 Å². The van der Waals surface area contributed by atoms with Crippen molar-refractivity contribution in [2.75, 3.05) is 14.2 Å². The minimum Gasteiger partial charge on any atom is -0.350 e. The number of carbonyl (C=O) groups is 2. The van der Waals surface area contributed by atoms with E-state index in [1.165, 1.54) is 14.2 Å². The second-order valence-corrected chi connectivity index (χ2v) is 8.25. The Morgan fingerprint density at radius 2 is 1.20 bits per heavy atom. The van der Waals surface area contributed by atoms with E-state index >= 15 is 0 Å². The minimum atomic E-state index is -1.76. The first-order valence-electron chi connectivity index (χ1n) is 7.45. The molecule has 1 aromatic rings. The van der Waals surface area contributed by atoms with Crippen molar-refractivity contribution >= 4 is 58.0 Å². The molecule has 25 heavy (non-hydrogen) atoms. The number of benzene rings is 1. The number of alkyl halides is 2. The Labute approximate surface area is 164 Å². The number of fused-ring (bicyclic) bond motifs is 6. The number of rotatable bonds is 2. The molecule has 0 radical (unpaired) electrons. The maximum Gasteiger partial charge on any atom is 0.218 e. The molecule has 0 N–H and O–H groups in total. The summed E-state index contributed by atoms with van der Waals surface area (Å²) in [5.74, 6) is -4.54. The van der Waals surface area contributed by atoms with Crippen LogP contribution in [-0.4, -0.2) is 41.3 Å². The zero-order valence-corrected chi connectivity index (χ0v) is 16.1. The highest BCUT2D eigenvalue weighted by Gasteiger charge is 2.87. The summed E-state index contributed by atoms with van der Waals surface area (Å²) in [6.07, 6.45) is 0. The summed E-state index contributed by atoms with van der Waals surface area (Å²) in [5, 5.41) is -0.0624. The summed E-state index contributed by atoms with van der Waals surface area (Å²) < 4.78 is 11.1. The van der Waals surface area contributed by atoms with Gasteiger partial charge in [0.1, 0.15) is 9.75 Å². The summed E-state index contributed by atoms with van der Waals surface area (Å²) in [7, 11) is 2.66. The van der Waals surface area contributed by atoms with E-state index in [-0.39, 0.29) is 32.8 Å². The van der Waals surface area contributed by atoms with Gasteiger partial charge in [0.25, 0.3) is 0 Å². The predicted octanol–water partition coefficient (Wildman–Crippen LogP) is 3.96. The van der Waals surface area contributed by atoms with E-state index in [4.69, 9.17) is 55.9 Å². The number of carbonyl (C=O) groups excluding carboxylic acids is 2. The lowest BCUT2D eigenvalue weighted by Gasteiger charge is -2.40. The lowest BCUT2D eigenvalue weighted by atomic mass is 9.69. The molecular weight excluding hydrogens is 410 g/mol. The van der Waals surface area contributed by atoms with Gasteiger partial charge in [0, 0.05) is 25.3 Å². The first kappa shape index (κ1) is 17.8. The minimum absolute atomic E-state index is 0.0312. The Morgan fingerprint density at radius 1 is 0.840 bits per heavy atom. The van der Waals surface area contributed by atoms with Crippen molar-refractivity contribution < 1.29 is 19.1 Å². The molecule has 3 aliphatic carbocycles. The number of ether oxygens (including phenoxy) is 2. The van der Waals surface area contributed by atoms with Crippen LogP contribution in [0.1, 0.15) is 20.7 Å². The third-order valence-electron chi connectivity index (χ3n) is 5.58. The highest BCUT2D eigenvalue weighted by molar-refractivity contribution is 6.54. The van der Waals surface area contributed by atoms with Gasteiger partial charge in [-0.3, -0.25) is 9.59 Å². The number of ketones is 2. The van der Waals surface area contributed by atoms with Crippen molar-refractivity contribution in [1.29, 1.82) is 0 Å². The monoisotopic (exact) mass is 420 g/mol. The molecule has 4 atom stereocenters. The Kier molecular flexibility index (Phi) is 3.71. The van der Waals surface area contributed by atoms with Crippen molar-refractivity contribution in [3.05, 3.63) is 45.5 Å². The molecule has 8 heteroatoms. The van der Waals surface area contributed by atoms with E-state index in [0.29, 0.717) is 0 Å². The largest absolute Gasteiger partial charge is 0.350 e. The van der Waals surface area contributed by atoms with Crippen LogP contribution in [0.4, 0.5) is 0 Å². The molecule has 1 fully saturated rings. The van der Waals surface area contributed by atoms with Crippen molar-refractivity contribution in [1.82, 2.24) is 0 Å². The van der Waals surface area contributed by atoms with Crippen LogP contribution in [0.5, 0.6) is 0 Å². The molecule has 2 bridgehead atoms. The smallest absolute Gasteiger partial charge is 0.218 e. The van der Waals surface area contributed by atoms with Crippen LogP contribution in [0.3, 0.4) is 0 Å². The van der Waals surface area contributed by atoms with Crippen LogP contribution < -0.4 is 0 Å². The zero-order valence-electron chi connectivity index (χ0n) is 13.1. The van der Waals surface area contributed by atoms with Crippen molar-refractivity contribution in [2.45, 2.75) is 15.5 Å². The zero-order chi connectivity index (χ0) is 18.4. The van der Waals surface area contributed by atoms with E-state index in [1.54, 1.807) is 24.3 Å². The van der Waals surface area contributed by atoms with Gasteiger partial charge in [-0.1, -0.05) is 47.5 Å². The summed E-state index contributed by atoms with van der Waals surface area (Å²) >= 11 is 26.5. The average molecular weight is 422 g/mol. The summed E-state index contributed by atoms with van der Waals surface area (Å²) in [6, 6.07) is 6.53. The Hall–Kier alpha value is -0.620. The highest BCUT2D eigenvalue weighted by Crippen LogP contribution is 2.75. The second-order valence-electron chi connectivity index (χ2n) is 6.31. The topological polar surface area (TPSA) is 52.6 Å². The van der Waals surface area contributed by atoms with Crippen LogP contribution in [0.15, 0.2) is 34.3 Å². The van der Waals surface area contributed by atoms with Gasteiger partial charge < -0.3 is 9.47 Å². The number of hydrogen-bond acceptors (Lipinski definition) is 4. The SMILES string of the molecule is COC1(OC)[C@@]2(Cl)C(Cl)=C(Cl)[C@@]1(Cl)[C@@H]1C(=O)c3ccccc3C(=O)[C@H]12. The molecule has 0 unspecified atom stereocenters. The maximum atomic E-state index is 13.2. The predicted molar refractivity (Wildman–Crippen MR) is 94.7 cm³/mol. The van der Waals surface area contributed by atoms with Gasteiger partial charge >= 0.3 is 0 Å². The maximum absolute atomic E-state index is 13.2. The van der Waals surface area contributed by atoms with Crippen molar-refractivity contribution in [3.8, 4) is 0 Å². The molecule has 1 saturated carbocycles. The van der Waals surface area contributed by atoms with E-state index in [1.807, 2.05) is 0 Å². The number of methoxy groups -OCH3 is 2. The molecule has 0 aliphatic heterocycles. The molecule has 3 aliphatic rings. The third kappa shape index (κ3) is 1.57. The average Bonchev–Trinajstić information content (AvgIpc) is 2.88. The number of halogens is 4. The van der Waals surface area contributed by atoms with E-state index in [0.717, 1.165) is 0 Å². The Morgan fingerprint density at radius 3 is 1.52 bits per heavy atom. The third-order valence-corrected chi connectivity index (χ3v) is 8.19. The fourth-order valence-corrected chi connectivity index (χ4v) is 6.78. The first-order valence-corrected chi connectivity index (χ1v) is 8.97. The molecule has 132 valence electrons. The molecule has 0 aromatic heterocycles. The summed E-state index contributed by atoms with van der Waals surface area (Å²) in [6.45, 7) is 0. The fraction of sp³-hybridized carbons (Fsp3) is 0.412. The van der Waals surface area contributed by atoms with Gasteiger partial charge in [0.2, 0.25) is 5.79 Å². The van der Waals surface area contributed by atoms with Crippen LogP contribution in [-0.2, 0) is 9.47 Å². The lowest BCUT2D eigenvalue weighted by molar-refractivity contribution is -0.219. The van der Waals surface area contributed by atoms with Gasteiger partial charge in [-0.2, -0.15) is 0 Å². The van der Waals surface area contributed by atoms with Crippen LogP contribution in [0, 0.1) is 11.8 Å². The normalized spacial score (nSPS) is 38.2. The molecule has 0 saturated heterocycles. The molecule has 0 spiro atoms. The Balaban J connectivity index is 2.09. The summed E-state index contributed by atoms with van der Waals surface area (Å²) in [4.78, 5) is 23.0. The molecule has 0 heterocycles. The quantitative estimate of drug-likeness (QED) is 0.535. The first-order chi connectivity index (χ1) is 11.7. The number of hydrogen-bond donors (Lipinski definition) is 0. The number of Topliss-reactive ketones (excluding diaryl/α,β-unsaturated/α-hetero) is 2. The van der Waals surface area contributed by atoms with Crippen LogP contribution >= 0.6 is 46.4 Å². The molecule has 1 aromatic carbocycles. The van der Waals surface area contributed by atoms with E-state index in [9.17, 15) is 9.59 Å². The van der Waals surface area contributed by atoms with Gasteiger partial charge in [-0.05, 0) is 0 Å². The standard InChI is InChI=1S/C17H12Cl4O4/c1-24-17(25-2)15(20)9-10(16(17,21)14(19)13(15)18)12(23)8-6-4-3-5-7(8)11(9)22/h3-6,9-10H,1-2H3/t9-,10-,15-,16-/m0/s1. The van der Waals surface area contributed by atoms with Gasteiger partial charge in [-0.15, -0.1) is 23.2 Å². The highest BCUT2D eigenvalue weighted by atomic mass is 35.5. The molecule has 0 amide bonds. The van der Waals surface area contributed by atoms with Crippen LogP contribution in [0.25, 0.3) is 0 Å². The molecular formula is C17H12Cl4O4. The van der Waals surface area contributed by atoms with Crippen molar-refractivity contribution in [3.63, 3.8) is 0 Å². The van der Waals surface area contributed by atoms with E-state index in [2.05, 4.69) is 0 Å². The molecule has 4 nitrogen and oxygen atoms in total. The Bertz CT molecular complexity index is 797. The fourth-order valence-electron chi connectivity index (χ4n) is 4.60. The second kappa shape index (κ2) is 5.22.